The van der Waals surface area contributed by atoms with Crippen LogP contribution >= 0.6 is 0 Å². The topological polar surface area (TPSA) is 122 Å². The number of non-ortho nitro benzene ring substituents is 1. The molecule has 2 amide bonds. The number of nitro benzene ring substituents is 1. The second kappa shape index (κ2) is 7.33. The lowest BCUT2D eigenvalue weighted by Crippen LogP contribution is -2.55. The summed E-state index contributed by atoms with van der Waals surface area (Å²) in [6.07, 6.45) is 1.41. The van der Waals surface area contributed by atoms with Gasteiger partial charge in [-0.3, -0.25) is 29.4 Å². The number of nitrogens with one attached hydrogen (secondary N) is 2. The Labute approximate surface area is 211 Å². The molecule has 4 atom stereocenters. The molecule has 2 saturated heterocycles. The van der Waals surface area contributed by atoms with Crippen molar-refractivity contribution in [3.05, 3.63) is 99.6 Å². The summed E-state index contributed by atoms with van der Waals surface area (Å²) in [5, 5.41) is 17.5. The van der Waals surface area contributed by atoms with Crippen LogP contribution in [0.5, 0.6) is 0 Å². The van der Waals surface area contributed by atoms with E-state index in [-0.39, 0.29) is 23.1 Å². The zero-order valence-corrected chi connectivity index (χ0v) is 19.6. The van der Waals surface area contributed by atoms with Gasteiger partial charge in [-0.05, 0) is 37.1 Å². The minimum Gasteiger partial charge on any atom is -0.325 e. The van der Waals surface area contributed by atoms with Crippen molar-refractivity contribution in [2.75, 3.05) is 17.2 Å². The molecule has 0 unspecified atom stereocenters. The molecule has 9 nitrogen and oxygen atoms in total. The first-order valence-electron chi connectivity index (χ1n) is 12.3. The predicted octanol–water partition coefficient (Wildman–Crippen LogP) is 3.61. The summed E-state index contributed by atoms with van der Waals surface area (Å²) < 4.78 is 0. The second-order valence-electron chi connectivity index (χ2n) is 10.1. The van der Waals surface area contributed by atoms with E-state index in [1.54, 1.807) is 6.07 Å². The normalized spacial score (nSPS) is 29.2. The van der Waals surface area contributed by atoms with Gasteiger partial charge in [0.2, 0.25) is 11.8 Å². The first-order chi connectivity index (χ1) is 17.9. The maximum atomic E-state index is 14.7. The Morgan fingerprint density at radius 3 is 2.35 bits per heavy atom. The number of amides is 2. The molecule has 0 radical (unpaired) electrons. The summed E-state index contributed by atoms with van der Waals surface area (Å²) in [7, 11) is 0. The lowest BCUT2D eigenvalue weighted by atomic mass is 9.60. The Bertz CT molecular complexity index is 1470. The molecule has 37 heavy (non-hydrogen) atoms. The number of nitro groups is 1. The van der Waals surface area contributed by atoms with Crippen molar-refractivity contribution in [2.45, 2.75) is 29.8 Å². The molecular weight excluding hydrogens is 472 g/mol. The number of para-hydroxylation sites is 2. The molecular formula is C28H22N4O5. The molecule has 3 aromatic carbocycles. The van der Waals surface area contributed by atoms with Gasteiger partial charge in [0.1, 0.15) is 11.0 Å². The van der Waals surface area contributed by atoms with Crippen LogP contribution in [0.1, 0.15) is 34.3 Å². The molecule has 4 aliphatic heterocycles. The number of ketones is 1. The Kier molecular flexibility index (Phi) is 4.33. The van der Waals surface area contributed by atoms with Crippen molar-refractivity contribution in [3.8, 4) is 0 Å². The van der Waals surface area contributed by atoms with Gasteiger partial charge in [-0.1, -0.05) is 48.5 Å². The van der Waals surface area contributed by atoms with Crippen molar-refractivity contribution in [1.29, 1.82) is 0 Å². The molecule has 4 aliphatic rings. The molecule has 4 heterocycles. The largest absolute Gasteiger partial charge is 0.325 e. The van der Waals surface area contributed by atoms with Gasteiger partial charge in [-0.2, -0.15) is 0 Å². The summed E-state index contributed by atoms with van der Waals surface area (Å²) in [5.74, 6) is -2.27. The number of fused-ring (bicyclic) bond motifs is 7. The third-order valence-corrected chi connectivity index (χ3v) is 8.64. The van der Waals surface area contributed by atoms with E-state index in [0.29, 0.717) is 35.5 Å². The van der Waals surface area contributed by atoms with Gasteiger partial charge in [-0.15, -0.1) is 0 Å². The highest BCUT2D eigenvalue weighted by atomic mass is 16.6. The van der Waals surface area contributed by atoms with E-state index in [9.17, 15) is 24.5 Å². The molecule has 2 N–H and O–H groups in total. The Morgan fingerprint density at radius 2 is 1.59 bits per heavy atom. The molecule has 2 fully saturated rings. The van der Waals surface area contributed by atoms with Gasteiger partial charge in [0.05, 0.1) is 10.8 Å². The van der Waals surface area contributed by atoms with E-state index in [2.05, 4.69) is 15.5 Å². The van der Waals surface area contributed by atoms with Crippen molar-refractivity contribution >= 4 is 34.7 Å². The number of hydrogen-bond donors (Lipinski definition) is 2. The van der Waals surface area contributed by atoms with Crippen LogP contribution in [0.4, 0.5) is 17.1 Å². The molecule has 0 aromatic heterocycles. The Morgan fingerprint density at radius 1 is 0.919 bits per heavy atom. The van der Waals surface area contributed by atoms with E-state index in [0.717, 1.165) is 6.42 Å². The molecule has 184 valence electrons. The predicted molar refractivity (Wildman–Crippen MR) is 134 cm³/mol. The van der Waals surface area contributed by atoms with Gasteiger partial charge < -0.3 is 10.6 Å². The Hall–Kier alpha value is -4.37. The maximum absolute atomic E-state index is 14.7. The summed E-state index contributed by atoms with van der Waals surface area (Å²) in [5.41, 5.74) is -0.315. The highest BCUT2D eigenvalue weighted by Gasteiger charge is 2.78. The van der Waals surface area contributed by atoms with Crippen molar-refractivity contribution in [3.63, 3.8) is 0 Å². The minimum atomic E-state index is -1.44. The van der Waals surface area contributed by atoms with Crippen LogP contribution in [0.15, 0.2) is 72.8 Å². The minimum absolute atomic E-state index is 0.105. The van der Waals surface area contributed by atoms with Crippen LogP contribution in [0.2, 0.25) is 0 Å². The van der Waals surface area contributed by atoms with Gasteiger partial charge in [0.25, 0.3) is 5.69 Å². The lowest BCUT2D eigenvalue weighted by Gasteiger charge is -2.38. The Balaban J connectivity index is 1.57. The van der Waals surface area contributed by atoms with Gasteiger partial charge >= 0.3 is 0 Å². The summed E-state index contributed by atoms with van der Waals surface area (Å²) >= 11 is 0. The van der Waals surface area contributed by atoms with Crippen LogP contribution < -0.4 is 10.6 Å². The highest BCUT2D eigenvalue weighted by molar-refractivity contribution is 6.18. The van der Waals surface area contributed by atoms with E-state index >= 15 is 0 Å². The lowest BCUT2D eigenvalue weighted by molar-refractivity contribution is -0.384. The number of anilines is 2. The number of carbonyl (C=O) groups is 3. The molecule has 0 bridgehead atoms. The van der Waals surface area contributed by atoms with Gasteiger partial charge in [0, 0.05) is 40.7 Å². The number of hydrogen-bond acceptors (Lipinski definition) is 6. The van der Waals surface area contributed by atoms with Gasteiger partial charge in [0.15, 0.2) is 5.78 Å². The van der Waals surface area contributed by atoms with E-state index in [1.807, 2.05) is 42.5 Å². The average molecular weight is 495 g/mol. The summed E-state index contributed by atoms with van der Waals surface area (Å²) in [4.78, 5) is 56.0. The molecule has 7 rings (SSSR count). The molecule has 0 aliphatic carbocycles. The van der Waals surface area contributed by atoms with Crippen LogP contribution in [-0.4, -0.2) is 40.0 Å². The third kappa shape index (κ3) is 2.49. The van der Waals surface area contributed by atoms with Crippen LogP contribution in [-0.2, 0) is 20.5 Å². The zero-order chi connectivity index (χ0) is 25.5. The number of carbonyl (C=O) groups excluding carboxylic acids is 3. The number of Topliss-reactive ketones (excluding diaryl/α,β-unsaturated/α-hetero) is 1. The van der Waals surface area contributed by atoms with Crippen molar-refractivity contribution in [2.24, 2.45) is 5.92 Å². The van der Waals surface area contributed by atoms with Crippen molar-refractivity contribution < 1.29 is 19.3 Å². The quantitative estimate of drug-likeness (QED) is 0.326. The van der Waals surface area contributed by atoms with Gasteiger partial charge in [-0.25, -0.2) is 0 Å². The smallest absolute Gasteiger partial charge is 0.270 e. The first-order valence-corrected chi connectivity index (χ1v) is 12.3. The summed E-state index contributed by atoms with van der Waals surface area (Å²) in [6.45, 7) is 0.544. The zero-order valence-electron chi connectivity index (χ0n) is 19.6. The van der Waals surface area contributed by atoms with Crippen LogP contribution in [0, 0.1) is 16.0 Å². The molecule has 9 heteroatoms. The highest BCUT2D eigenvalue weighted by Crippen LogP contribution is 2.66. The third-order valence-electron chi connectivity index (χ3n) is 8.64. The monoisotopic (exact) mass is 494 g/mol. The van der Waals surface area contributed by atoms with E-state index in [4.69, 9.17) is 0 Å². The molecule has 0 saturated carbocycles. The van der Waals surface area contributed by atoms with Crippen LogP contribution in [0.25, 0.3) is 0 Å². The number of nitrogens with zero attached hydrogens (tertiary/aromatic N) is 2. The van der Waals surface area contributed by atoms with Crippen LogP contribution in [0.3, 0.4) is 0 Å². The number of rotatable bonds is 3. The second-order valence-corrected chi connectivity index (χ2v) is 10.1. The van der Waals surface area contributed by atoms with E-state index in [1.165, 1.54) is 24.3 Å². The first kappa shape index (κ1) is 21.9. The number of benzene rings is 3. The molecule has 3 aromatic rings. The fourth-order valence-corrected chi connectivity index (χ4v) is 7.44. The average Bonchev–Trinajstić information content (AvgIpc) is 3.62. The maximum Gasteiger partial charge on any atom is 0.270 e. The fraction of sp³-hybridized carbons (Fsp3) is 0.250. The van der Waals surface area contributed by atoms with Crippen molar-refractivity contribution in [1.82, 2.24) is 4.90 Å². The molecule has 2 spiro atoms. The van der Waals surface area contributed by atoms with E-state index < -0.39 is 33.6 Å². The standard InChI is InChI=1S/C28H22N4O5/c33-23(16-7-5-8-17(15-16)32(36)37)24-27(18-9-1-3-11-20(18)29-25(27)34)22-13-6-14-31(22)28(24)19-10-2-4-12-21(19)30-26(28)35/h1-5,7-12,15,22,24H,6,13-14H2,(H,29,34)(H,30,35)/t22-,24-,27+,28-/m1/s1. The fourth-order valence-electron chi connectivity index (χ4n) is 7.44. The summed E-state index contributed by atoms with van der Waals surface area (Å²) in [6, 6.07) is 19.8. The SMILES string of the molecule is O=C(c1cccc([N+](=O)[O-])c1)[C@@H]1[C@@]2(C(=O)Nc3ccccc32)[C@H]2CCCN2[C@@]12C(=O)Nc1ccccc12.